The molecule has 1 aliphatic rings. The number of nitrogen functional groups attached to an aromatic ring is 1. The Morgan fingerprint density at radius 2 is 1.83 bits per heavy atom. The fourth-order valence-corrected chi connectivity index (χ4v) is 2.51. The number of halogens is 1. The molecule has 122 valence electrons. The monoisotopic (exact) mass is 319 g/mol. The van der Waals surface area contributed by atoms with Gasteiger partial charge in [0.15, 0.2) is 0 Å². The van der Waals surface area contributed by atoms with Gasteiger partial charge in [-0.25, -0.2) is 9.97 Å². The number of nitrogens with zero attached hydrogens (tertiary/aromatic N) is 6. The van der Waals surface area contributed by atoms with Gasteiger partial charge in [-0.2, -0.15) is 14.4 Å². The first-order chi connectivity index (χ1) is 11.1. The summed E-state index contributed by atoms with van der Waals surface area (Å²) in [6, 6.07) is 1.91. The lowest BCUT2D eigenvalue weighted by atomic mass is 10.3. The second kappa shape index (κ2) is 6.19. The highest BCUT2D eigenvalue weighted by Crippen LogP contribution is 2.20. The van der Waals surface area contributed by atoms with E-state index in [-0.39, 0.29) is 11.8 Å². The van der Waals surface area contributed by atoms with Crippen LogP contribution in [0.25, 0.3) is 0 Å². The molecule has 0 saturated carbocycles. The summed E-state index contributed by atoms with van der Waals surface area (Å²) in [4.78, 5) is 20.6. The van der Waals surface area contributed by atoms with E-state index in [0.29, 0.717) is 19.0 Å². The normalized spacial score (nSPS) is 14.9. The molecule has 1 fully saturated rings. The number of aryl methyl sites for hydroxylation is 1. The quantitative estimate of drug-likeness (QED) is 0.880. The van der Waals surface area contributed by atoms with E-state index in [9.17, 15) is 4.39 Å². The maximum absolute atomic E-state index is 13.4. The third-order valence-corrected chi connectivity index (χ3v) is 3.64. The van der Waals surface area contributed by atoms with Gasteiger partial charge >= 0.3 is 0 Å². The van der Waals surface area contributed by atoms with Crippen molar-refractivity contribution in [1.82, 2.24) is 19.9 Å². The first-order valence-electron chi connectivity index (χ1n) is 7.24. The molecule has 2 aromatic heterocycles. The Bertz CT molecular complexity index is 683. The van der Waals surface area contributed by atoms with Crippen LogP contribution in [0.1, 0.15) is 5.69 Å². The molecule has 8 nitrogen and oxygen atoms in total. The summed E-state index contributed by atoms with van der Waals surface area (Å²) in [6.45, 7) is 4.74. The number of piperazine rings is 1. The lowest BCUT2D eigenvalue weighted by Gasteiger charge is -2.35. The van der Waals surface area contributed by atoms with E-state index in [1.54, 1.807) is 0 Å². The van der Waals surface area contributed by atoms with Crippen LogP contribution < -0.4 is 20.3 Å². The van der Waals surface area contributed by atoms with Gasteiger partial charge in [0.1, 0.15) is 5.82 Å². The topological polar surface area (TPSA) is 93.3 Å². The molecule has 0 spiro atoms. The Hall–Kier alpha value is -2.71. The highest BCUT2D eigenvalue weighted by atomic mass is 19.1. The number of hydrogen-bond donors (Lipinski definition) is 1. The van der Waals surface area contributed by atoms with E-state index in [0.717, 1.165) is 30.8 Å². The Labute approximate surface area is 133 Å². The van der Waals surface area contributed by atoms with Gasteiger partial charge in [-0.3, -0.25) is 0 Å². The molecule has 2 N–H and O–H groups in total. The zero-order valence-electron chi connectivity index (χ0n) is 13.0. The van der Waals surface area contributed by atoms with Gasteiger partial charge in [0.05, 0.1) is 13.3 Å². The lowest BCUT2D eigenvalue weighted by molar-refractivity contribution is 0.366. The van der Waals surface area contributed by atoms with Crippen molar-refractivity contribution < 1.29 is 9.13 Å². The summed E-state index contributed by atoms with van der Waals surface area (Å²) in [7, 11) is 1.38. The maximum atomic E-state index is 13.4. The molecule has 23 heavy (non-hydrogen) atoms. The Morgan fingerprint density at radius 3 is 2.48 bits per heavy atom. The van der Waals surface area contributed by atoms with Crippen LogP contribution in [0.4, 0.5) is 22.1 Å². The van der Waals surface area contributed by atoms with Gasteiger partial charge in [-0.15, -0.1) is 0 Å². The highest BCUT2D eigenvalue weighted by molar-refractivity contribution is 5.46. The van der Waals surface area contributed by atoms with Gasteiger partial charge in [0, 0.05) is 37.9 Å². The number of rotatable bonds is 3. The van der Waals surface area contributed by atoms with E-state index in [1.165, 1.54) is 7.11 Å². The summed E-state index contributed by atoms with van der Waals surface area (Å²) in [5.74, 6) is 0.932. The minimum absolute atomic E-state index is 0.0448. The van der Waals surface area contributed by atoms with Crippen LogP contribution in [0.15, 0.2) is 12.3 Å². The van der Waals surface area contributed by atoms with Crippen molar-refractivity contribution in [2.75, 3.05) is 48.8 Å². The van der Waals surface area contributed by atoms with Crippen molar-refractivity contribution in [3.8, 4) is 5.88 Å². The van der Waals surface area contributed by atoms with E-state index < -0.39 is 5.82 Å². The predicted molar refractivity (Wildman–Crippen MR) is 84.1 cm³/mol. The number of methoxy groups -OCH3 is 1. The number of anilines is 3. The zero-order chi connectivity index (χ0) is 16.4. The number of aromatic nitrogens is 4. The number of nitrogens with two attached hydrogens (primary N) is 1. The number of ether oxygens (including phenoxy) is 1. The Morgan fingerprint density at radius 1 is 1.13 bits per heavy atom. The first kappa shape index (κ1) is 15.2. The molecule has 3 rings (SSSR count). The fraction of sp³-hybridized carbons (Fsp3) is 0.429. The average Bonchev–Trinajstić information content (AvgIpc) is 2.54. The van der Waals surface area contributed by atoms with Crippen LogP contribution in [0.3, 0.4) is 0 Å². The van der Waals surface area contributed by atoms with Gasteiger partial charge < -0.3 is 20.3 Å². The minimum atomic E-state index is -0.568. The van der Waals surface area contributed by atoms with Crippen LogP contribution in [0, 0.1) is 12.7 Å². The Balaban J connectivity index is 1.71. The molecule has 0 amide bonds. The van der Waals surface area contributed by atoms with Crippen molar-refractivity contribution in [3.05, 3.63) is 23.8 Å². The van der Waals surface area contributed by atoms with Crippen molar-refractivity contribution in [2.45, 2.75) is 6.92 Å². The second-order valence-corrected chi connectivity index (χ2v) is 5.23. The van der Waals surface area contributed by atoms with Crippen molar-refractivity contribution in [2.24, 2.45) is 0 Å². The van der Waals surface area contributed by atoms with Crippen LogP contribution >= 0.6 is 0 Å². The van der Waals surface area contributed by atoms with Gasteiger partial charge in [0.2, 0.25) is 17.7 Å². The number of hydrogen-bond acceptors (Lipinski definition) is 8. The summed E-state index contributed by atoms with van der Waals surface area (Å²) >= 11 is 0. The molecular formula is C14H18FN7O. The molecule has 9 heteroatoms. The van der Waals surface area contributed by atoms with E-state index in [1.807, 2.05) is 17.9 Å². The molecule has 0 aromatic carbocycles. The minimum Gasteiger partial charge on any atom is -0.479 e. The zero-order valence-corrected chi connectivity index (χ0v) is 13.0. The van der Waals surface area contributed by atoms with Crippen LogP contribution in [0.2, 0.25) is 0 Å². The average molecular weight is 319 g/mol. The van der Waals surface area contributed by atoms with Gasteiger partial charge in [-0.1, -0.05) is 0 Å². The smallest absolute Gasteiger partial charge is 0.255 e. The van der Waals surface area contributed by atoms with Crippen molar-refractivity contribution in [3.63, 3.8) is 0 Å². The Kier molecular flexibility index (Phi) is 4.09. The second-order valence-electron chi connectivity index (χ2n) is 5.23. The molecular weight excluding hydrogens is 301 g/mol. The third-order valence-electron chi connectivity index (χ3n) is 3.64. The standard InChI is InChI=1S/C14H18FN7O/c1-9-7-11(19-13(16)18-9)21-3-5-22(6-4-21)14-17-8-10(15)12(20-14)23-2/h7-8H,3-6H2,1-2H3,(H2,16,18,19). The molecule has 0 radical (unpaired) electrons. The molecule has 0 atom stereocenters. The highest BCUT2D eigenvalue weighted by Gasteiger charge is 2.21. The fourth-order valence-electron chi connectivity index (χ4n) is 2.51. The maximum Gasteiger partial charge on any atom is 0.255 e. The predicted octanol–water partition coefficient (Wildman–Crippen LogP) is 0.632. The van der Waals surface area contributed by atoms with E-state index >= 15 is 0 Å². The molecule has 1 saturated heterocycles. The molecule has 1 aliphatic heterocycles. The summed E-state index contributed by atoms with van der Waals surface area (Å²) < 4.78 is 18.3. The van der Waals surface area contributed by atoms with Crippen LogP contribution in [-0.4, -0.2) is 53.2 Å². The first-order valence-corrected chi connectivity index (χ1v) is 7.24. The SMILES string of the molecule is COc1nc(N2CCN(c3cc(C)nc(N)n3)CC2)ncc1F. The van der Waals surface area contributed by atoms with Crippen LogP contribution in [0.5, 0.6) is 5.88 Å². The van der Waals surface area contributed by atoms with Gasteiger partial charge in [0.25, 0.3) is 5.88 Å². The molecule has 3 heterocycles. The third kappa shape index (κ3) is 3.22. The van der Waals surface area contributed by atoms with E-state index in [2.05, 4.69) is 24.8 Å². The molecule has 0 unspecified atom stereocenters. The lowest BCUT2D eigenvalue weighted by Crippen LogP contribution is -2.47. The van der Waals surface area contributed by atoms with Crippen LogP contribution in [-0.2, 0) is 0 Å². The summed E-state index contributed by atoms with van der Waals surface area (Å²) in [6.07, 6.45) is 1.13. The molecule has 2 aromatic rings. The van der Waals surface area contributed by atoms with Gasteiger partial charge in [-0.05, 0) is 6.92 Å². The van der Waals surface area contributed by atoms with Crippen molar-refractivity contribution >= 4 is 17.7 Å². The van der Waals surface area contributed by atoms with E-state index in [4.69, 9.17) is 10.5 Å². The van der Waals surface area contributed by atoms with Crippen molar-refractivity contribution in [1.29, 1.82) is 0 Å². The summed E-state index contributed by atoms with van der Waals surface area (Å²) in [5, 5.41) is 0. The molecule has 0 aliphatic carbocycles. The largest absolute Gasteiger partial charge is 0.479 e. The molecule has 0 bridgehead atoms. The summed E-state index contributed by atoms with van der Waals surface area (Å²) in [5.41, 5.74) is 6.54.